The third-order valence-electron chi connectivity index (χ3n) is 2.88. The molecule has 0 heterocycles. The van der Waals surface area contributed by atoms with Gasteiger partial charge in [0.1, 0.15) is 0 Å². The van der Waals surface area contributed by atoms with Crippen molar-refractivity contribution in [1.82, 2.24) is 5.32 Å². The molecule has 1 aromatic rings. The molecule has 0 spiro atoms. The van der Waals surface area contributed by atoms with Crippen LogP contribution in [-0.4, -0.2) is 45.7 Å². The summed E-state index contributed by atoms with van der Waals surface area (Å²) in [7, 11) is 4.81. The van der Waals surface area contributed by atoms with Crippen molar-refractivity contribution in [2.24, 2.45) is 0 Å². The highest BCUT2D eigenvalue weighted by Crippen LogP contribution is 2.33. The first-order chi connectivity index (χ1) is 9.62. The fourth-order valence-corrected chi connectivity index (χ4v) is 2.26. The summed E-state index contributed by atoms with van der Waals surface area (Å²) in [5, 5.41) is 12.8. The molecular formula is C14H22BrNO4. The van der Waals surface area contributed by atoms with Gasteiger partial charge in [-0.15, -0.1) is 0 Å². The number of aliphatic hydroxyl groups is 1. The number of hydrogen-bond acceptors (Lipinski definition) is 5. The zero-order chi connectivity index (χ0) is 15.0. The van der Waals surface area contributed by atoms with Crippen LogP contribution >= 0.6 is 15.9 Å². The Morgan fingerprint density at radius 2 is 1.85 bits per heavy atom. The minimum atomic E-state index is -0.429. The number of nitrogens with one attached hydrogen (secondary N) is 1. The van der Waals surface area contributed by atoms with Crippen LogP contribution < -0.4 is 14.8 Å². The molecule has 0 bridgehead atoms. The predicted octanol–water partition coefficient (Wildman–Crippen LogP) is 1.95. The first-order valence-electron chi connectivity index (χ1n) is 6.40. The third kappa shape index (κ3) is 5.28. The molecule has 1 unspecified atom stereocenters. The van der Waals surface area contributed by atoms with E-state index in [1.807, 2.05) is 12.1 Å². The maximum absolute atomic E-state index is 9.54. The minimum Gasteiger partial charge on any atom is -0.493 e. The van der Waals surface area contributed by atoms with Crippen molar-refractivity contribution in [2.75, 3.05) is 34.5 Å². The van der Waals surface area contributed by atoms with Crippen LogP contribution in [0.3, 0.4) is 0 Å². The van der Waals surface area contributed by atoms with Gasteiger partial charge in [-0.1, -0.05) is 15.9 Å². The fraction of sp³-hybridized carbons (Fsp3) is 0.571. The molecule has 0 aliphatic rings. The van der Waals surface area contributed by atoms with Crippen molar-refractivity contribution in [3.8, 4) is 11.5 Å². The van der Waals surface area contributed by atoms with Crippen LogP contribution in [0.15, 0.2) is 16.6 Å². The van der Waals surface area contributed by atoms with Crippen LogP contribution in [0.2, 0.25) is 0 Å². The lowest BCUT2D eigenvalue weighted by molar-refractivity contribution is 0.0594. The zero-order valence-electron chi connectivity index (χ0n) is 12.1. The Balaban J connectivity index is 2.51. The Labute approximate surface area is 128 Å². The summed E-state index contributed by atoms with van der Waals surface area (Å²) in [5.41, 5.74) is 1.07. The number of aliphatic hydroxyl groups excluding tert-OH is 1. The van der Waals surface area contributed by atoms with E-state index in [2.05, 4.69) is 21.2 Å². The first-order valence-corrected chi connectivity index (χ1v) is 7.19. The van der Waals surface area contributed by atoms with E-state index in [-0.39, 0.29) is 0 Å². The first kappa shape index (κ1) is 17.2. The SMILES string of the molecule is COCC(O)CCNCc1cc(OC)c(OC)cc1Br. The molecule has 1 rings (SSSR count). The van der Waals surface area contributed by atoms with Crippen LogP contribution in [0, 0.1) is 0 Å². The largest absolute Gasteiger partial charge is 0.493 e. The van der Waals surface area contributed by atoms with E-state index in [4.69, 9.17) is 14.2 Å². The van der Waals surface area contributed by atoms with Gasteiger partial charge in [-0.2, -0.15) is 0 Å². The molecule has 0 saturated heterocycles. The van der Waals surface area contributed by atoms with Gasteiger partial charge in [-0.3, -0.25) is 0 Å². The van der Waals surface area contributed by atoms with E-state index in [0.717, 1.165) is 10.0 Å². The molecule has 1 aromatic carbocycles. The second kappa shape index (κ2) is 9.18. The average Bonchev–Trinajstić information content (AvgIpc) is 2.44. The van der Waals surface area contributed by atoms with Crippen molar-refractivity contribution in [3.63, 3.8) is 0 Å². The number of ether oxygens (including phenoxy) is 3. The lowest BCUT2D eigenvalue weighted by Gasteiger charge is -2.13. The summed E-state index contributed by atoms with van der Waals surface area (Å²) >= 11 is 3.51. The molecule has 0 aliphatic heterocycles. The summed E-state index contributed by atoms with van der Waals surface area (Å²) < 4.78 is 16.3. The highest BCUT2D eigenvalue weighted by molar-refractivity contribution is 9.10. The van der Waals surface area contributed by atoms with Crippen LogP contribution in [0.1, 0.15) is 12.0 Å². The number of rotatable bonds is 9. The van der Waals surface area contributed by atoms with Gasteiger partial charge in [-0.25, -0.2) is 0 Å². The summed E-state index contributed by atoms with van der Waals surface area (Å²) in [6, 6.07) is 3.82. The quantitative estimate of drug-likeness (QED) is 0.668. The van der Waals surface area contributed by atoms with Crippen LogP contribution in [-0.2, 0) is 11.3 Å². The minimum absolute atomic E-state index is 0.363. The number of hydrogen-bond donors (Lipinski definition) is 2. The van der Waals surface area contributed by atoms with Crippen molar-refractivity contribution >= 4 is 15.9 Å². The molecule has 5 nitrogen and oxygen atoms in total. The van der Waals surface area contributed by atoms with Crippen LogP contribution in [0.25, 0.3) is 0 Å². The van der Waals surface area contributed by atoms with Gasteiger partial charge in [0.15, 0.2) is 11.5 Å². The Kier molecular flexibility index (Phi) is 7.91. The molecule has 0 saturated carbocycles. The van der Waals surface area contributed by atoms with Crippen LogP contribution in [0.5, 0.6) is 11.5 Å². The third-order valence-corrected chi connectivity index (χ3v) is 3.62. The predicted molar refractivity (Wildman–Crippen MR) is 81.5 cm³/mol. The summed E-state index contributed by atoms with van der Waals surface area (Å²) in [6.45, 7) is 1.76. The topological polar surface area (TPSA) is 60.0 Å². The molecule has 0 fully saturated rings. The standard InChI is InChI=1S/C14H22BrNO4/c1-18-9-11(17)4-5-16-8-10-6-13(19-2)14(20-3)7-12(10)15/h6-7,11,16-17H,4-5,8-9H2,1-3H3. The zero-order valence-corrected chi connectivity index (χ0v) is 13.7. The van der Waals surface area contributed by atoms with Gasteiger partial charge in [-0.05, 0) is 30.7 Å². The van der Waals surface area contributed by atoms with Crippen molar-refractivity contribution < 1.29 is 19.3 Å². The maximum atomic E-state index is 9.54. The van der Waals surface area contributed by atoms with Gasteiger partial charge in [0.05, 0.1) is 26.9 Å². The van der Waals surface area contributed by atoms with E-state index in [1.54, 1.807) is 21.3 Å². The molecule has 0 aliphatic carbocycles. The van der Waals surface area contributed by atoms with E-state index in [0.29, 0.717) is 37.6 Å². The number of halogens is 1. The molecule has 6 heteroatoms. The highest BCUT2D eigenvalue weighted by Gasteiger charge is 2.09. The Morgan fingerprint density at radius 1 is 1.20 bits per heavy atom. The van der Waals surface area contributed by atoms with E-state index in [1.165, 1.54) is 0 Å². The van der Waals surface area contributed by atoms with Gasteiger partial charge in [0.2, 0.25) is 0 Å². The monoisotopic (exact) mass is 347 g/mol. The fourth-order valence-electron chi connectivity index (χ4n) is 1.80. The summed E-state index contributed by atoms with van der Waals surface area (Å²) in [6.07, 6.45) is 0.222. The Hall–Kier alpha value is -0.820. The van der Waals surface area contributed by atoms with E-state index in [9.17, 15) is 5.11 Å². The molecule has 0 aromatic heterocycles. The number of benzene rings is 1. The normalized spacial score (nSPS) is 12.2. The summed E-state index contributed by atoms with van der Waals surface area (Å²) in [5.74, 6) is 1.39. The van der Waals surface area contributed by atoms with Gasteiger partial charge in [0.25, 0.3) is 0 Å². The maximum Gasteiger partial charge on any atom is 0.161 e. The lowest BCUT2D eigenvalue weighted by Crippen LogP contribution is -2.23. The molecule has 0 radical (unpaired) electrons. The molecule has 0 amide bonds. The smallest absolute Gasteiger partial charge is 0.161 e. The van der Waals surface area contributed by atoms with Crippen molar-refractivity contribution in [3.05, 3.63) is 22.2 Å². The Morgan fingerprint density at radius 3 is 2.45 bits per heavy atom. The number of methoxy groups -OCH3 is 3. The van der Waals surface area contributed by atoms with Crippen LogP contribution in [0.4, 0.5) is 0 Å². The molecular weight excluding hydrogens is 326 g/mol. The van der Waals surface area contributed by atoms with Gasteiger partial charge in [0, 0.05) is 18.1 Å². The molecule has 20 heavy (non-hydrogen) atoms. The molecule has 2 N–H and O–H groups in total. The van der Waals surface area contributed by atoms with Crippen molar-refractivity contribution in [1.29, 1.82) is 0 Å². The van der Waals surface area contributed by atoms with Gasteiger partial charge < -0.3 is 24.6 Å². The molecule has 1 atom stereocenters. The second-order valence-corrected chi connectivity index (χ2v) is 5.23. The van der Waals surface area contributed by atoms with Crippen molar-refractivity contribution in [2.45, 2.75) is 19.1 Å². The van der Waals surface area contributed by atoms with E-state index < -0.39 is 6.10 Å². The average molecular weight is 348 g/mol. The Bertz CT molecular complexity index is 414. The summed E-state index contributed by atoms with van der Waals surface area (Å²) in [4.78, 5) is 0. The molecule has 114 valence electrons. The lowest BCUT2D eigenvalue weighted by atomic mass is 10.2. The highest BCUT2D eigenvalue weighted by atomic mass is 79.9. The van der Waals surface area contributed by atoms with E-state index >= 15 is 0 Å². The van der Waals surface area contributed by atoms with Gasteiger partial charge >= 0.3 is 0 Å². The second-order valence-electron chi connectivity index (χ2n) is 4.37.